The van der Waals surface area contributed by atoms with Gasteiger partial charge in [0.25, 0.3) is 0 Å². The second kappa shape index (κ2) is 7.32. The molecule has 0 aliphatic rings. The predicted octanol–water partition coefficient (Wildman–Crippen LogP) is 0.955. The first kappa shape index (κ1) is 14.9. The first-order chi connectivity index (χ1) is 9.02. The van der Waals surface area contributed by atoms with Gasteiger partial charge in [0, 0.05) is 19.9 Å². The number of carbonyl (C=O) groups is 2. The summed E-state index contributed by atoms with van der Waals surface area (Å²) in [6.07, 6.45) is 3.16. The number of hydrogen-bond donors (Lipinski definition) is 2. The Bertz CT molecular complexity index is 450. The van der Waals surface area contributed by atoms with Crippen LogP contribution in [-0.4, -0.2) is 53.8 Å². The number of anilines is 1. The molecular weight excluding hydrogens is 250 g/mol. The van der Waals surface area contributed by atoms with Gasteiger partial charge in [0.2, 0.25) is 0 Å². The number of amides is 2. The molecule has 0 aliphatic heterocycles. The number of nitrogens with zero attached hydrogens (tertiary/aromatic N) is 2. The van der Waals surface area contributed by atoms with E-state index in [-0.39, 0.29) is 19.7 Å². The standard InChI is InChI=1S/C12H17N3O4/c1-9-5-10(7-13-6-9)14-12(18)15(3-4-19-2)8-11(16)17/h5-7H,3-4,8H2,1-2H3,(H,14,18)(H,16,17). The van der Waals surface area contributed by atoms with E-state index in [1.54, 1.807) is 12.3 Å². The van der Waals surface area contributed by atoms with E-state index in [0.29, 0.717) is 5.69 Å². The first-order valence-electron chi connectivity index (χ1n) is 5.71. The lowest BCUT2D eigenvalue weighted by Crippen LogP contribution is -2.40. The molecule has 19 heavy (non-hydrogen) atoms. The van der Waals surface area contributed by atoms with Crippen LogP contribution in [-0.2, 0) is 9.53 Å². The number of aryl methyl sites for hydroxylation is 1. The molecule has 0 unspecified atom stereocenters. The van der Waals surface area contributed by atoms with Crippen LogP contribution in [0.4, 0.5) is 10.5 Å². The average Bonchev–Trinajstić information content (AvgIpc) is 2.34. The van der Waals surface area contributed by atoms with E-state index in [1.165, 1.54) is 13.3 Å². The van der Waals surface area contributed by atoms with E-state index in [1.807, 2.05) is 6.92 Å². The first-order valence-corrected chi connectivity index (χ1v) is 5.71. The maximum Gasteiger partial charge on any atom is 0.323 e. The van der Waals surface area contributed by atoms with Crippen molar-refractivity contribution in [2.45, 2.75) is 6.92 Å². The molecule has 0 saturated heterocycles. The van der Waals surface area contributed by atoms with Gasteiger partial charge in [-0.2, -0.15) is 0 Å². The van der Waals surface area contributed by atoms with E-state index in [4.69, 9.17) is 9.84 Å². The molecule has 0 saturated carbocycles. The molecule has 1 rings (SSSR count). The number of aliphatic carboxylic acids is 1. The summed E-state index contributed by atoms with van der Waals surface area (Å²) in [4.78, 5) is 27.7. The van der Waals surface area contributed by atoms with Crippen LogP contribution in [0, 0.1) is 6.92 Å². The molecule has 0 atom stereocenters. The number of aromatic nitrogens is 1. The van der Waals surface area contributed by atoms with Crippen molar-refractivity contribution in [2.24, 2.45) is 0 Å². The van der Waals surface area contributed by atoms with Crippen LogP contribution in [0.25, 0.3) is 0 Å². The lowest BCUT2D eigenvalue weighted by molar-refractivity contribution is -0.137. The topological polar surface area (TPSA) is 91.8 Å². The number of hydrogen-bond acceptors (Lipinski definition) is 4. The highest BCUT2D eigenvalue weighted by molar-refractivity contribution is 5.91. The van der Waals surface area contributed by atoms with Gasteiger partial charge in [-0.15, -0.1) is 0 Å². The zero-order valence-corrected chi connectivity index (χ0v) is 10.9. The minimum absolute atomic E-state index is 0.202. The van der Waals surface area contributed by atoms with E-state index in [0.717, 1.165) is 10.5 Å². The Labute approximate surface area is 111 Å². The maximum absolute atomic E-state index is 11.9. The van der Waals surface area contributed by atoms with Gasteiger partial charge in [0.15, 0.2) is 0 Å². The number of carboxylic acids is 1. The summed E-state index contributed by atoms with van der Waals surface area (Å²) in [6, 6.07) is 1.26. The fourth-order valence-corrected chi connectivity index (χ4v) is 1.44. The quantitative estimate of drug-likeness (QED) is 0.800. The number of methoxy groups -OCH3 is 1. The number of ether oxygens (including phenoxy) is 1. The predicted molar refractivity (Wildman–Crippen MR) is 69.1 cm³/mol. The highest BCUT2D eigenvalue weighted by Gasteiger charge is 2.16. The third-order valence-corrected chi connectivity index (χ3v) is 2.30. The van der Waals surface area contributed by atoms with Gasteiger partial charge in [0.05, 0.1) is 18.5 Å². The second-order valence-electron chi connectivity index (χ2n) is 3.99. The summed E-state index contributed by atoms with van der Waals surface area (Å²) in [5, 5.41) is 11.4. The molecule has 0 bridgehead atoms. The Balaban J connectivity index is 2.67. The fraction of sp³-hybridized carbons (Fsp3) is 0.417. The van der Waals surface area contributed by atoms with Crippen LogP contribution in [0.15, 0.2) is 18.5 Å². The van der Waals surface area contributed by atoms with Gasteiger partial charge in [-0.3, -0.25) is 9.78 Å². The summed E-state index contributed by atoms with van der Waals surface area (Å²) in [7, 11) is 1.49. The van der Waals surface area contributed by atoms with Gasteiger partial charge in [-0.05, 0) is 18.6 Å². The van der Waals surface area contributed by atoms with Crippen LogP contribution >= 0.6 is 0 Å². The van der Waals surface area contributed by atoms with Crippen molar-refractivity contribution in [3.05, 3.63) is 24.0 Å². The van der Waals surface area contributed by atoms with Crippen molar-refractivity contribution < 1.29 is 19.4 Å². The van der Waals surface area contributed by atoms with Gasteiger partial charge in [-0.25, -0.2) is 4.79 Å². The smallest absolute Gasteiger partial charge is 0.323 e. The van der Waals surface area contributed by atoms with E-state index >= 15 is 0 Å². The van der Waals surface area contributed by atoms with Crippen LogP contribution in [0.3, 0.4) is 0 Å². The average molecular weight is 267 g/mol. The number of pyridine rings is 1. The largest absolute Gasteiger partial charge is 0.480 e. The minimum Gasteiger partial charge on any atom is -0.480 e. The molecule has 2 amide bonds. The molecule has 0 aliphatic carbocycles. The number of rotatable bonds is 6. The molecular formula is C12H17N3O4. The summed E-state index contributed by atoms with van der Waals surface area (Å²) >= 11 is 0. The lowest BCUT2D eigenvalue weighted by atomic mass is 10.3. The number of carbonyl (C=O) groups excluding carboxylic acids is 1. The zero-order valence-electron chi connectivity index (χ0n) is 10.9. The van der Waals surface area contributed by atoms with Crippen LogP contribution < -0.4 is 5.32 Å². The molecule has 7 nitrogen and oxygen atoms in total. The van der Waals surface area contributed by atoms with Crippen molar-refractivity contribution in [1.82, 2.24) is 9.88 Å². The highest BCUT2D eigenvalue weighted by atomic mass is 16.5. The van der Waals surface area contributed by atoms with Crippen molar-refractivity contribution in [2.75, 3.05) is 32.1 Å². The van der Waals surface area contributed by atoms with Gasteiger partial charge in [0.1, 0.15) is 6.54 Å². The summed E-state index contributed by atoms with van der Waals surface area (Å²) < 4.78 is 4.85. The Kier molecular flexibility index (Phi) is 5.74. The number of carboxylic acid groups (broad SMARTS) is 1. The third-order valence-electron chi connectivity index (χ3n) is 2.30. The summed E-state index contributed by atoms with van der Waals surface area (Å²) in [5.41, 5.74) is 1.43. The Morgan fingerprint density at radius 3 is 2.79 bits per heavy atom. The second-order valence-corrected chi connectivity index (χ2v) is 3.99. The fourth-order valence-electron chi connectivity index (χ4n) is 1.44. The number of urea groups is 1. The molecule has 1 aromatic heterocycles. The summed E-state index contributed by atoms with van der Waals surface area (Å²) in [6.45, 7) is 1.94. The van der Waals surface area contributed by atoms with Crippen molar-refractivity contribution in [1.29, 1.82) is 0 Å². The molecule has 7 heteroatoms. The normalized spacial score (nSPS) is 10.0. The van der Waals surface area contributed by atoms with Crippen LogP contribution in [0.1, 0.15) is 5.56 Å². The molecule has 2 N–H and O–H groups in total. The van der Waals surface area contributed by atoms with E-state index in [2.05, 4.69) is 10.3 Å². The number of nitrogens with one attached hydrogen (secondary N) is 1. The zero-order chi connectivity index (χ0) is 14.3. The monoisotopic (exact) mass is 267 g/mol. The molecule has 1 heterocycles. The summed E-state index contributed by atoms with van der Waals surface area (Å²) in [5.74, 6) is -1.08. The SMILES string of the molecule is COCCN(CC(=O)O)C(=O)Nc1cncc(C)c1. The molecule has 0 spiro atoms. The highest BCUT2D eigenvalue weighted by Crippen LogP contribution is 2.08. The minimum atomic E-state index is -1.08. The molecule has 1 aromatic rings. The lowest BCUT2D eigenvalue weighted by Gasteiger charge is -2.20. The van der Waals surface area contributed by atoms with Crippen molar-refractivity contribution in [3.8, 4) is 0 Å². The molecule has 0 radical (unpaired) electrons. The Morgan fingerprint density at radius 1 is 1.47 bits per heavy atom. The molecule has 0 fully saturated rings. The van der Waals surface area contributed by atoms with Gasteiger partial charge in [-0.1, -0.05) is 0 Å². The molecule has 104 valence electrons. The van der Waals surface area contributed by atoms with Gasteiger partial charge >= 0.3 is 12.0 Å². The maximum atomic E-state index is 11.9. The van der Waals surface area contributed by atoms with Crippen LogP contribution in [0.5, 0.6) is 0 Å². The third kappa shape index (κ3) is 5.35. The van der Waals surface area contributed by atoms with E-state index < -0.39 is 12.0 Å². The Hall–Kier alpha value is -2.15. The van der Waals surface area contributed by atoms with Crippen LogP contribution in [0.2, 0.25) is 0 Å². The van der Waals surface area contributed by atoms with Crippen molar-refractivity contribution in [3.63, 3.8) is 0 Å². The van der Waals surface area contributed by atoms with Crippen molar-refractivity contribution >= 4 is 17.7 Å². The molecule has 0 aromatic carbocycles. The Morgan fingerprint density at radius 2 is 2.21 bits per heavy atom. The van der Waals surface area contributed by atoms with E-state index in [9.17, 15) is 9.59 Å². The van der Waals surface area contributed by atoms with Gasteiger partial charge < -0.3 is 20.1 Å².